The second-order valence-corrected chi connectivity index (χ2v) is 4.72. The van der Waals surface area contributed by atoms with E-state index in [4.69, 9.17) is 16.3 Å². The molecule has 0 aliphatic heterocycles. The zero-order valence-electron chi connectivity index (χ0n) is 10.9. The van der Waals surface area contributed by atoms with Crippen molar-refractivity contribution in [3.8, 4) is 11.3 Å². The molecule has 0 amide bonds. The molecule has 3 rings (SSSR count). The van der Waals surface area contributed by atoms with E-state index in [1.807, 2.05) is 30.3 Å². The first-order valence-electron chi connectivity index (χ1n) is 6.14. The number of aromatic nitrogens is 3. The van der Waals surface area contributed by atoms with Crippen molar-refractivity contribution in [2.75, 3.05) is 7.11 Å². The monoisotopic (exact) mass is 285 g/mol. The van der Waals surface area contributed by atoms with Crippen LogP contribution in [0.1, 0.15) is 5.82 Å². The highest BCUT2D eigenvalue weighted by atomic mass is 35.5. The van der Waals surface area contributed by atoms with Crippen LogP contribution in [0.25, 0.3) is 22.2 Å². The van der Waals surface area contributed by atoms with Crippen molar-refractivity contribution < 1.29 is 4.74 Å². The third-order valence-electron chi connectivity index (χ3n) is 2.91. The molecule has 20 heavy (non-hydrogen) atoms. The van der Waals surface area contributed by atoms with E-state index in [2.05, 4.69) is 15.0 Å². The maximum absolute atomic E-state index is 6.03. The molecular formula is C15H12ClN3O. The highest BCUT2D eigenvalue weighted by Gasteiger charge is 2.06. The van der Waals surface area contributed by atoms with Crippen molar-refractivity contribution in [2.24, 2.45) is 0 Å². The Morgan fingerprint density at radius 1 is 1.15 bits per heavy atom. The zero-order chi connectivity index (χ0) is 13.9. The van der Waals surface area contributed by atoms with Gasteiger partial charge in [0, 0.05) is 30.3 Å². The average Bonchev–Trinajstić information content (AvgIpc) is 2.46. The molecule has 0 unspecified atom stereocenters. The lowest BCUT2D eigenvalue weighted by atomic mass is 10.1. The topological polar surface area (TPSA) is 47.9 Å². The minimum atomic E-state index is 0.336. The van der Waals surface area contributed by atoms with Gasteiger partial charge in [0.25, 0.3) is 0 Å². The molecule has 4 nitrogen and oxygen atoms in total. The van der Waals surface area contributed by atoms with Crippen LogP contribution in [0.3, 0.4) is 0 Å². The normalized spacial score (nSPS) is 10.9. The molecule has 1 aromatic carbocycles. The largest absolute Gasteiger partial charge is 0.377 e. The molecule has 0 fully saturated rings. The highest BCUT2D eigenvalue weighted by molar-refractivity contribution is 6.29. The van der Waals surface area contributed by atoms with Gasteiger partial charge in [0.2, 0.25) is 0 Å². The Bertz CT molecular complexity index is 761. The van der Waals surface area contributed by atoms with Gasteiger partial charge in [-0.2, -0.15) is 0 Å². The summed E-state index contributed by atoms with van der Waals surface area (Å²) >= 11 is 6.03. The van der Waals surface area contributed by atoms with Crippen LogP contribution in [-0.4, -0.2) is 22.1 Å². The van der Waals surface area contributed by atoms with Gasteiger partial charge in [-0.3, -0.25) is 4.98 Å². The van der Waals surface area contributed by atoms with Crippen LogP contribution in [0.2, 0.25) is 5.15 Å². The minimum absolute atomic E-state index is 0.336. The van der Waals surface area contributed by atoms with Gasteiger partial charge in [-0.15, -0.1) is 0 Å². The lowest BCUT2D eigenvalue weighted by molar-refractivity contribution is 0.178. The summed E-state index contributed by atoms with van der Waals surface area (Å²) in [6, 6.07) is 11.7. The van der Waals surface area contributed by atoms with E-state index in [9.17, 15) is 0 Å². The average molecular weight is 286 g/mol. The summed E-state index contributed by atoms with van der Waals surface area (Å²) in [5.41, 5.74) is 2.71. The lowest BCUT2D eigenvalue weighted by Gasteiger charge is -2.06. The molecule has 2 aromatic heterocycles. The first kappa shape index (κ1) is 13.0. The van der Waals surface area contributed by atoms with Crippen LogP contribution in [0.15, 0.2) is 42.6 Å². The number of hydrogen-bond donors (Lipinski definition) is 0. The number of rotatable bonds is 3. The van der Waals surface area contributed by atoms with Crippen LogP contribution < -0.4 is 0 Å². The summed E-state index contributed by atoms with van der Waals surface area (Å²) < 4.78 is 5.05. The number of nitrogens with zero attached hydrogens (tertiary/aromatic N) is 3. The SMILES string of the molecule is COCc1nc(Cl)cc(-c2ccc3ncccc3c2)n1. The van der Waals surface area contributed by atoms with E-state index in [0.29, 0.717) is 17.6 Å². The molecule has 0 aliphatic rings. The Morgan fingerprint density at radius 3 is 2.90 bits per heavy atom. The first-order chi connectivity index (χ1) is 9.76. The third kappa shape index (κ3) is 2.61. The van der Waals surface area contributed by atoms with Gasteiger partial charge in [0.1, 0.15) is 11.8 Å². The zero-order valence-corrected chi connectivity index (χ0v) is 11.6. The number of pyridine rings is 1. The number of benzene rings is 1. The van der Waals surface area contributed by atoms with Gasteiger partial charge in [0.15, 0.2) is 5.82 Å². The summed E-state index contributed by atoms with van der Waals surface area (Å²) in [4.78, 5) is 12.9. The predicted octanol–water partition coefficient (Wildman–Crippen LogP) is 3.49. The maximum Gasteiger partial charge on any atom is 0.156 e. The Labute approximate surface area is 121 Å². The van der Waals surface area contributed by atoms with Crippen LogP contribution in [-0.2, 0) is 11.3 Å². The van der Waals surface area contributed by atoms with Crippen LogP contribution in [0.5, 0.6) is 0 Å². The summed E-state index contributed by atoms with van der Waals surface area (Å²) in [5.74, 6) is 0.571. The molecule has 2 heterocycles. The third-order valence-corrected chi connectivity index (χ3v) is 3.11. The predicted molar refractivity (Wildman–Crippen MR) is 78.5 cm³/mol. The van der Waals surface area contributed by atoms with E-state index >= 15 is 0 Å². The summed E-state index contributed by atoms with van der Waals surface area (Å²) in [6.07, 6.45) is 1.78. The van der Waals surface area contributed by atoms with Gasteiger partial charge >= 0.3 is 0 Å². The number of fused-ring (bicyclic) bond motifs is 1. The standard InChI is InChI=1S/C15H12ClN3O/c1-20-9-15-18-13(8-14(16)19-15)11-4-5-12-10(7-11)3-2-6-17-12/h2-8H,9H2,1H3. The molecular weight excluding hydrogens is 274 g/mol. The van der Waals surface area contributed by atoms with Gasteiger partial charge < -0.3 is 4.74 Å². The molecule has 0 radical (unpaired) electrons. The number of methoxy groups -OCH3 is 1. The van der Waals surface area contributed by atoms with E-state index in [1.54, 1.807) is 19.4 Å². The van der Waals surface area contributed by atoms with Crippen LogP contribution >= 0.6 is 11.6 Å². The Kier molecular flexibility index (Phi) is 3.58. The quantitative estimate of drug-likeness (QED) is 0.691. The minimum Gasteiger partial charge on any atom is -0.377 e. The second kappa shape index (κ2) is 5.53. The molecule has 0 atom stereocenters. The molecule has 100 valence electrons. The summed E-state index contributed by atoms with van der Waals surface area (Å²) in [6.45, 7) is 0.336. The number of hydrogen-bond acceptors (Lipinski definition) is 4. The molecule has 0 N–H and O–H groups in total. The summed E-state index contributed by atoms with van der Waals surface area (Å²) in [5, 5.41) is 1.47. The van der Waals surface area contributed by atoms with E-state index < -0.39 is 0 Å². The van der Waals surface area contributed by atoms with Crippen LogP contribution in [0.4, 0.5) is 0 Å². The fourth-order valence-corrected chi connectivity index (χ4v) is 2.24. The molecule has 0 spiro atoms. The first-order valence-corrected chi connectivity index (χ1v) is 6.51. The lowest BCUT2D eigenvalue weighted by Crippen LogP contribution is -1.98. The molecule has 5 heteroatoms. The van der Waals surface area contributed by atoms with Gasteiger partial charge in [-0.25, -0.2) is 9.97 Å². The molecule has 0 bridgehead atoms. The fraction of sp³-hybridized carbons (Fsp3) is 0.133. The number of halogens is 1. The highest BCUT2D eigenvalue weighted by Crippen LogP contribution is 2.23. The van der Waals surface area contributed by atoms with E-state index in [1.165, 1.54) is 0 Å². The Hall–Kier alpha value is -2.04. The van der Waals surface area contributed by atoms with E-state index in [-0.39, 0.29) is 0 Å². The smallest absolute Gasteiger partial charge is 0.156 e. The van der Waals surface area contributed by atoms with Gasteiger partial charge in [-0.05, 0) is 18.2 Å². The van der Waals surface area contributed by atoms with Crippen molar-refractivity contribution in [3.05, 3.63) is 53.6 Å². The van der Waals surface area contributed by atoms with Gasteiger partial charge in [-0.1, -0.05) is 23.7 Å². The molecule has 0 saturated carbocycles. The molecule has 0 aliphatic carbocycles. The Balaban J connectivity index is 2.10. The molecule has 3 aromatic rings. The van der Waals surface area contributed by atoms with Crippen molar-refractivity contribution in [2.45, 2.75) is 6.61 Å². The van der Waals surface area contributed by atoms with Crippen molar-refractivity contribution in [1.82, 2.24) is 15.0 Å². The second-order valence-electron chi connectivity index (χ2n) is 4.34. The summed E-state index contributed by atoms with van der Waals surface area (Å²) in [7, 11) is 1.60. The van der Waals surface area contributed by atoms with Crippen LogP contribution in [0, 0.1) is 0 Å². The van der Waals surface area contributed by atoms with Gasteiger partial charge in [0.05, 0.1) is 11.2 Å². The van der Waals surface area contributed by atoms with E-state index in [0.717, 1.165) is 22.2 Å². The number of ether oxygens (including phenoxy) is 1. The fourth-order valence-electron chi connectivity index (χ4n) is 2.04. The molecule has 0 saturated heterocycles. The maximum atomic E-state index is 6.03. The van der Waals surface area contributed by atoms with Crippen molar-refractivity contribution >= 4 is 22.5 Å². The van der Waals surface area contributed by atoms with Crippen molar-refractivity contribution in [1.29, 1.82) is 0 Å². The van der Waals surface area contributed by atoms with Crippen molar-refractivity contribution in [3.63, 3.8) is 0 Å². The Morgan fingerprint density at radius 2 is 2.05 bits per heavy atom.